The fraction of sp³-hybridized carbons (Fsp3) is 0.333. The minimum absolute atomic E-state index is 0.157. The van der Waals surface area contributed by atoms with Gasteiger partial charge in [0, 0.05) is 0 Å². The van der Waals surface area contributed by atoms with Crippen molar-refractivity contribution in [1.29, 1.82) is 0 Å². The maximum atomic E-state index is 13.1. The first-order valence-corrected chi connectivity index (χ1v) is 8.16. The summed E-state index contributed by atoms with van der Waals surface area (Å²) in [6, 6.07) is 5.25. The van der Waals surface area contributed by atoms with Gasteiger partial charge in [0.25, 0.3) is 0 Å². The van der Waals surface area contributed by atoms with E-state index >= 15 is 0 Å². The zero-order valence-corrected chi connectivity index (χ0v) is 10.1. The lowest BCUT2D eigenvalue weighted by Gasteiger charge is -2.18. The standard InChI is InChI=1S/C9H12BrFSi/c1-12(2,3)8-6-4-5-7(11)9(8)10/h4-6H,1-3H3. The Labute approximate surface area is 81.9 Å². The largest absolute Gasteiger partial charge is 0.206 e. The summed E-state index contributed by atoms with van der Waals surface area (Å²) in [5, 5.41) is 1.14. The second kappa shape index (κ2) is 3.30. The van der Waals surface area contributed by atoms with E-state index in [4.69, 9.17) is 0 Å². The predicted molar refractivity (Wildman–Crippen MR) is 57.1 cm³/mol. The minimum atomic E-state index is -1.40. The molecule has 12 heavy (non-hydrogen) atoms. The molecule has 0 unspecified atom stereocenters. The van der Waals surface area contributed by atoms with Crippen LogP contribution in [0.15, 0.2) is 22.7 Å². The van der Waals surface area contributed by atoms with Gasteiger partial charge in [-0.25, -0.2) is 4.39 Å². The smallest absolute Gasteiger partial charge is 0.137 e. The van der Waals surface area contributed by atoms with Gasteiger partial charge in [-0.2, -0.15) is 0 Å². The summed E-state index contributed by atoms with van der Waals surface area (Å²) in [6.07, 6.45) is 0. The Morgan fingerprint density at radius 1 is 1.25 bits per heavy atom. The van der Waals surface area contributed by atoms with Crippen molar-refractivity contribution >= 4 is 29.2 Å². The lowest BCUT2D eigenvalue weighted by atomic mass is 10.3. The summed E-state index contributed by atoms with van der Waals surface area (Å²) < 4.78 is 13.7. The fourth-order valence-corrected chi connectivity index (χ4v) is 4.51. The molecule has 1 aromatic carbocycles. The molecule has 0 amide bonds. The molecule has 0 aliphatic heterocycles. The Hall–Kier alpha value is -0.153. The molecule has 0 aliphatic carbocycles. The summed E-state index contributed by atoms with van der Waals surface area (Å²) in [7, 11) is -1.40. The second-order valence-corrected chi connectivity index (χ2v) is 9.68. The van der Waals surface area contributed by atoms with Crippen molar-refractivity contribution in [2.75, 3.05) is 0 Å². The Balaban J connectivity index is 3.26. The van der Waals surface area contributed by atoms with Gasteiger partial charge in [-0.05, 0) is 27.2 Å². The molecule has 0 spiro atoms. The molecule has 0 aliphatic rings. The third-order valence-electron chi connectivity index (χ3n) is 1.76. The molecule has 0 aromatic heterocycles. The first-order valence-electron chi connectivity index (χ1n) is 3.87. The zero-order valence-electron chi connectivity index (χ0n) is 7.49. The summed E-state index contributed by atoms with van der Waals surface area (Å²) in [5.41, 5.74) is 0. The summed E-state index contributed by atoms with van der Waals surface area (Å²) in [5.74, 6) is -0.157. The maximum absolute atomic E-state index is 13.1. The van der Waals surface area contributed by atoms with Gasteiger partial charge in [-0.1, -0.05) is 31.8 Å². The van der Waals surface area contributed by atoms with Crippen molar-refractivity contribution < 1.29 is 4.39 Å². The van der Waals surface area contributed by atoms with Gasteiger partial charge >= 0.3 is 0 Å². The molecule has 0 saturated heterocycles. The van der Waals surface area contributed by atoms with Crippen LogP contribution in [-0.4, -0.2) is 8.07 Å². The first-order chi connectivity index (χ1) is 5.43. The average molecular weight is 247 g/mol. The van der Waals surface area contributed by atoms with Crippen LogP contribution < -0.4 is 5.19 Å². The predicted octanol–water partition coefficient (Wildman–Crippen LogP) is 3.13. The van der Waals surface area contributed by atoms with Crippen LogP contribution in [0.1, 0.15) is 0 Å². The van der Waals surface area contributed by atoms with E-state index in [1.54, 1.807) is 6.07 Å². The zero-order chi connectivity index (χ0) is 9.35. The second-order valence-electron chi connectivity index (χ2n) is 3.85. The van der Waals surface area contributed by atoms with Gasteiger partial charge in [0.15, 0.2) is 0 Å². The molecule has 0 saturated carbocycles. The molecule has 0 fully saturated rings. The van der Waals surface area contributed by atoms with E-state index in [2.05, 4.69) is 35.6 Å². The van der Waals surface area contributed by atoms with E-state index < -0.39 is 8.07 Å². The van der Waals surface area contributed by atoms with Crippen molar-refractivity contribution in [3.63, 3.8) is 0 Å². The van der Waals surface area contributed by atoms with Crippen LogP contribution in [-0.2, 0) is 0 Å². The SMILES string of the molecule is C[Si](C)(C)c1cccc(F)c1Br. The average Bonchev–Trinajstić information content (AvgIpc) is 1.92. The van der Waals surface area contributed by atoms with Crippen LogP contribution in [0.2, 0.25) is 19.6 Å². The number of hydrogen-bond donors (Lipinski definition) is 0. The molecule has 0 radical (unpaired) electrons. The highest BCUT2D eigenvalue weighted by atomic mass is 79.9. The summed E-state index contributed by atoms with van der Waals surface area (Å²) in [4.78, 5) is 0. The quantitative estimate of drug-likeness (QED) is 0.669. The van der Waals surface area contributed by atoms with Crippen LogP contribution in [0.25, 0.3) is 0 Å². The van der Waals surface area contributed by atoms with E-state index in [9.17, 15) is 4.39 Å². The van der Waals surface area contributed by atoms with Crippen LogP contribution in [0.3, 0.4) is 0 Å². The summed E-state index contributed by atoms with van der Waals surface area (Å²) in [6.45, 7) is 6.60. The van der Waals surface area contributed by atoms with Gasteiger partial charge in [0.2, 0.25) is 0 Å². The van der Waals surface area contributed by atoms with Gasteiger partial charge in [-0.15, -0.1) is 0 Å². The molecule has 1 aromatic rings. The van der Waals surface area contributed by atoms with Crippen molar-refractivity contribution in [2.24, 2.45) is 0 Å². The van der Waals surface area contributed by atoms with Crippen LogP contribution in [0, 0.1) is 5.82 Å². The number of benzene rings is 1. The molecule has 1 rings (SSSR count). The van der Waals surface area contributed by atoms with Crippen molar-refractivity contribution in [1.82, 2.24) is 0 Å². The topological polar surface area (TPSA) is 0 Å². The van der Waals surface area contributed by atoms with Crippen LogP contribution >= 0.6 is 15.9 Å². The minimum Gasteiger partial charge on any atom is -0.206 e. The molecule has 0 bridgehead atoms. The fourth-order valence-electron chi connectivity index (χ4n) is 1.08. The Bertz CT molecular complexity index is 291. The molecular weight excluding hydrogens is 235 g/mol. The van der Waals surface area contributed by atoms with Crippen LogP contribution in [0.4, 0.5) is 4.39 Å². The van der Waals surface area contributed by atoms with E-state index in [0.717, 1.165) is 5.19 Å². The Morgan fingerprint density at radius 3 is 2.25 bits per heavy atom. The highest BCUT2D eigenvalue weighted by Crippen LogP contribution is 2.16. The van der Waals surface area contributed by atoms with E-state index in [-0.39, 0.29) is 5.82 Å². The molecule has 3 heteroatoms. The molecule has 0 nitrogen and oxygen atoms in total. The molecular formula is C9H12BrFSi. The van der Waals surface area contributed by atoms with Gasteiger partial charge < -0.3 is 0 Å². The van der Waals surface area contributed by atoms with Crippen LogP contribution in [0.5, 0.6) is 0 Å². The highest BCUT2D eigenvalue weighted by molar-refractivity contribution is 9.10. The van der Waals surface area contributed by atoms with Gasteiger partial charge in [-0.3, -0.25) is 0 Å². The molecule has 66 valence electrons. The lowest BCUT2D eigenvalue weighted by molar-refractivity contribution is 0.622. The monoisotopic (exact) mass is 246 g/mol. The molecule has 0 heterocycles. The third-order valence-corrected chi connectivity index (χ3v) is 4.96. The first kappa shape index (κ1) is 9.93. The lowest BCUT2D eigenvalue weighted by Crippen LogP contribution is -2.38. The van der Waals surface area contributed by atoms with E-state index in [0.29, 0.717) is 4.47 Å². The van der Waals surface area contributed by atoms with Crippen molar-refractivity contribution in [3.8, 4) is 0 Å². The Kier molecular flexibility index (Phi) is 2.73. The van der Waals surface area contributed by atoms with Gasteiger partial charge in [0.05, 0.1) is 12.5 Å². The third kappa shape index (κ3) is 1.96. The Morgan fingerprint density at radius 2 is 1.83 bits per heavy atom. The van der Waals surface area contributed by atoms with E-state index in [1.807, 2.05) is 6.07 Å². The van der Waals surface area contributed by atoms with Gasteiger partial charge in [0.1, 0.15) is 5.82 Å². The van der Waals surface area contributed by atoms with Crippen molar-refractivity contribution in [2.45, 2.75) is 19.6 Å². The van der Waals surface area contributed by atoms with E-state index in [1.165, 1.54) is 6.07 Å². The highest BCUT2D eigenvalue weighted by Gasteiger charge is 2.20. The summed E-state index contributed by atoms with van der Waals surface area (Å²) >= 11 is 3.28. The maximum Gasteiger partial charge on any atom is 0.137 e. The van der Waals surface area contributed by atoms with Crippen molar-refractivity contribution in [3.05, 3.63) is 28.5 Å². The normalized spacial score (nSPS) is 11.8. The number of rotatable bonds is 1. The molecule has 0 N–H and O–H groups in total. The molecule has 0 atom stereocenters. The number of halogens is 2. The number of hydrogen-bond acceptors (Lipinski definition) is 0.